The van der Waals surface area contributed by atoms with Gasteiger partial charge in [-0.05, 0) is 0 Å². The Hall–Kier alpha value is -2.42. The third-order valence-corrected chi connectivity index (χ3v) is 1.69. The lowest BCUT2D eigenvalue weighted by molar-refractivity contribution is 0.0896. The van der Waals surface area contributed by atoms with Crippen LogP contribution in [0.2, 0.25) is 0 Å². The highest BCUT2D eigenvalue weighted by Gasteiger charge is 2.26. The fraction of sp³-hybridized carbons (Fsp3) is 0. The normalized spacial score (nSPS) is 15.2. The van der Waals surface area contributed by atoms with Gasteiger partial charge in [-0.15, -0.1) is 15.1 Å². The number of hydrogen-bond acceptors (Lipinski definition) is 9. The Morgan fingerprint density at radius 1 is 1.33 bits per heavy atom. The Kier molecular flexibility index (Phi) is 1.62. The summed E-state index contributed by atoms with van der Waals surface area (Å²) in [5.41, 5.74) is 3.04. The molecule has 76 valence electrons. The van der Waals surface area contributed by atoms with Crippen LogP contribution >= 0.6 is 0 Å². The van der Waals surface area contributed by atoms with Gasteiger partial charge < -0.3 is 8.94 Å². The molecule has 9 heteroatoms. The van der Waals surface area contributed by atoms with E-state index in [9.17, 15) is 0 Å². The smallest absolute Gasteiger partial charge is 0.268 e. The number of nitrogens with one attached hydrogen (secondary N) is 1. The summed E-state index contributed by atoms with van der Waals surface area (Å²) < 4.78 is 9.60. The zero-order chi connectivity index (χ0) is 10.1. The lowest BCUT2D eigenvalue weighted by Gasteiger charge is -2.11. The fourth-order valence-electron chi connectivity index (χ4n) is 1.09. The molecule has 0 amide bonds. The van der Waals surface area contributed by atoms with E-state index in [4.69, 9.17) is 9.36 Å². The van der Waals surface area contributed by atoms with Gasteiger partial charge in [-0.25, -0.2) is 5.48 Å². The Morgan fingerprint density at radius 2 is 2.33 bits per heavy atom. The summed E-state index contributed by atoms with van der Waals surface area (Å²) in [4.78, 5) is 5.03. The van der Waals surface area contributed by atoms with Crippen LogP contribution in [0.5, 0.6) is 0 Å². The SMILES string of the molecule is C1=C(c2nnco2)N(c2conn2)ON1. The Bertz CT molecular complexity index is 463. The molecule has 0 aromatic carbocycles. The number of hydrogen-bond donors (Lipinski definition) is 1. The van der Waals surface area contributed by atoms with Gasteiger partial charge >= 0.3 is 0 Å². The standard InChI is InChI=1S/C6H4N6O3/c1-4(6-10-7-3-13-6)12(15-8-1)5-2-14-11-9-5/h1-3,8H. The van der Waals surface area contributed by atoms with E-state index in [-0.39, 0.29) is 0 Å². The van der Waals surface area contributed by atoms with E-state index >= 15 is 0 Å². The van der Waals surface area contributed by atoms with E-state index in [0.29, 0.717) is 17.4 Å². The number of hydroxylamine groups is 2. The van der Waals surface area contributed by atoms with E-state index in [0.717, 1.165) is 0 Å². The van der Waals surface area contributed by atoms with Crippen LogP contribution in [0.1, 0.15) is 5.89 Å². The van der Waals surface area contributed by atoms with E-state index in [1.807, 2.05) is 0 Å². The van der Waals surface area contributed by atoms with E-state index in [1.54, 1.807) is 6.20 Å². The van der Waals surface area contributed by atoms with E-state index in [1.165, 1.54) is 17.7 Å². The molecule has 9 nitrogen and oxygen atoms in total. The molecule has 0 unspecified atom stereocenters. The minimum atomic E-state index is 0.294. The first-order valence-electron chi connectivity index (χ1n) is 3.91. The van der Waals surface area contributed by atoms with Gasteiger partial charge in [0.15, 0.2) is 12.0 Å². The molecule has 0 saturated heterocycles. The number of anilines is 1. The van der Waals surface area contributed by atoms with Gasteiger partial charge in [-0.3, -0.25) is 0 Å². The first-order valence-corrected chi connectivity index (χ1v) is 3.91. The molecule has 15 heavy (non-hydrogen) atoms. The highest BCUT2D eigenvalue weighted by Crippen LogP contribution is 2.25. The zero-order valence-corrected chi connectivity index (χ0v) is 7.19. The van der Waals surface area contributed by atoms with Crippen molar-refractivity contribution in [3.05, 3.63) is 24.7 Å². The summed E-state index contributed by atoms with van der Waals surface area (Å²) in [5, 5.41) is 15.6. The van der Waals surface area contributed by atoms with Crippen molar-refractivity contribution in [3.63, 3.8) is 0 Å². The van der Waals surface area contributed by atoms with Crippen molar-refractivity contribution >= 4 is 11.5 Å². The van der Waals surface area contributed by atoms with Crippen molar-refractivity contribution in [2.24, 2.45) is 0 Å². The average Bonchev–Trinajstić information content (AvgIpc) is 3.01. The maximum Gasteiger partial charge on any atom is 0.268 e. The second kappa shape index (κ2) is 3.06. The largest absolute Gasteiger partial charge is 0.422 e. The van der Waals surface area contributed by atoms with Crippen LogP contribution in [0, 0.1) is 0 Å². The predicted molar refractivity (Wildman–Crippen MR) is 43.3 cm³/mol. The Labute approximate surface area is 82.2 Å². The second-order valence-electron chi connectivity index (χ2n) is 2.54. The maximum atomic E-state index is 5.03. The van der Waals surface area contributed by atoms with Crippen LogP contribution in [0.25, 0.3) is 5.70 Å². The van der Waals surface area contributed by atoms with Gasteiger partial charge in [0.25, 0.3) is 5.89 Å². The van der Waals surface area contributed by atoms with Gasteiger partial charge in [0.1, 0.15) is 0 Å². The van der Waals surface area contributed by atoms with Gasteiger partial charge in [-0.2, -0.15) is 5.06 Å². The zero-order valence-electron chi connectivity index (χ0n) is 7.19. The number of rotatable bonds is 2. The molecule has 3 rings (SSSR count). The molecular formula is C6H4N6O3. The van der Waals surface area contributed by atoms with Crippen molar-refractivity contribution in [1.29, 1.82) is 0 Å². The highest BCUT2D eigenvalue weighted by atomic mass is 16.8. The molecule has 3 heterocycles. The first-order chi connectivity index (χ1) is 7.45. The minimum Gasteiger partial charge on any atom is -0.422 e. The molecule has 1 N–H and O–H groups in total. The third-order valence-electron chi connectivity index (χ3n) is 1.69. The quantitative estimate of drug-likeness (QED) is 0.712. The van der Waals surface area contributed by atoms with Crippen LogP contribution < -0.4 is 10.5 Å². The molecule has 1 aliphatic heterocycles. The van der Waals surface area contributed by atoms with Crippen molar-refractivity contribution in [1.82, 2.24) is 26.0 Å². The summed E-state index contributed by atoms with van der Waals surface area (Å²) in [6.45, 7) is 0. The van der Waals surface area contributed by atoms with Gasteiger partial charge in [-0.1, -0.05) is 5.10 Å². The predicted octanol–water partition coefficient (Wildman–Crippen LogP) is -0.293. The monoisotopic (exact) mass is 208 g/mol. The molecule has 1 aliphatic rings. The van der Waals surface area contributed by atoms with Crippen molar-refractivity contribution < 1.29 is 13.9 Å². The van der Waals surface area contributed by atoms with Crippen LogP contribution in [-0.2, 0) is 4.94 Å². The highest BCUT2D eigenvalue weighted by molar-refractivity contribution is 5.71. The summed E-state index contributed by atoms with van der Waals surface area (Å²) in [7, 11) is 0. The van der Waals surface area contributed by atoms with Gasteiger partial charge in [0, 0.05) is 5.27 Å². The first kappa shape index (κ1) is 7.94. The number of aromatic nitrogens is 4. The molecule has 0 atom stereocenters. The molecule has 0 bridgehead atoms. The molecule has 0 saturated carbocycles. The minimum absolute atomic E-state index is 0.294. The lowest BCUT2D eigenvalue weighted by atomic mass is 10.4. The third kappa shape index (κ3) is 1.21. The second-order valence-corrected chi connectivity index (χ2v) is 2.54. The van der Waals surface area contributed by atoms with E-state index < -0.39 is 0 Å². The van der Waals surface area contributed by atoms with Gasteiger partial charge in [0.05, 0.1) is 6.20 Å². The van der Waals surface area contributed by atoms with Crippen molar-refractivity contribution in [2.75, 3.05) is 5.06 Å². The van der Waals surface area contributed by atoms with E-state index in [2.05, 4.69) is 30.6 Å². The van der Waals surface area contributed by atoms with Crippen molar-refractivity contribution in [2.45, 2.75) is 0 Å². The van der Waals surface area contributed by atoms with Crippen LogP contribution in [-0.4, -0.2) is 20.6 Å². The van der Waals surface area contributed by atoms with Crippen LogP contribution in [0.15, 0.2) is 27.8 Å². The summed E-state index contributed by atoms with van der Waals surface area (Å²) in [6, 6.07) is 0. The molecule has 2 aromatic heterocycles. The molecule has 0 spiro atoms. The molecule has 0 fully saturated rings. The van der Waals surface area contributed by atoms with Gasteiger partial charge in [0.2, 0.25) is 12.2 Å². The molecule has 0 radical (unpaired) electrons. The van der Waals surface area contributed by atoms with Crippen LogP contribution in [0.3, 0.4) is 0 Å². The molecule has 0 aliphatic carbocycles. The summed E-state index contributed by atoms with van der Waals surface area (Å²) >= 11 is 0. The maximum absolute atomic E-state index is 5.03. The molecular weight excluding hydrogens is 204 g/mol. The lowest BCUT2D eigenvalue weighted by Crippen LogP contribution is -2.20. The average molecular weight is 208 g/mol. The van der Waals surface area contributed by atoms with Crippen LogP contribution in [0.4, 0.5) is 5.82 Å². The number of nitrogens with zero attached hydrogens (tertiary/aromatic N) is 5. The topological polar surface area (TPSA) is 102 Å². The Balaban J connectivity index is 1.96. The molecule has 2 aromatic rings. The summed E-state index contributed by atoms with van der Waals surface area (Å²) in [6.07, 6.45) is 4.08. The fourth-order valence-corrected chi connectivity index (χ4v) is 1.09. The van der Waals surface area contributed by atoms with Crippen molar-refractivity contribution in [3.8, 4) is 0 Å². The summed E-state index contributed by atoms with van der Waals surface area (Å²) in [5.74, 6) is 0.660. The Morgan fingerprint density at radius 3 is 3.07 bits per heavy atom.